The summed E-state index contributed by atoms with van der Waals surface area (Å²) in [6.07, 6.45) is 3.99. The summed E-state index contributed by atoms with van der Waals surface area (Å²) < 4.78 is 3.61. The maximum absolute atomic E-state index is 13.4. The zero-order valence-electron chi connectivity index (χ0n) is 20.1. The van der Waals surface area contributed by atoms with Crippen LogP contribution in [0.25, 0.3) is 17.1 Å². The van der Waals surface area contributed by atoms with E-state index in [1.54, 1.807) is 0 Å². The molecule has 1 unspecified atom stereocenters. The van der Waals surface area contributed by atoms with Crippen LogP contribution < -0.4 is 5.56 Å². The zero-order chi connectivity index (χ0) is 23.7. The van der Waals surface area contributed by atoms with Crippen LogP contribution in [0.2, 0.25) is 0 Å². The van der Waals surface area contributed by atoms with E-state index in [0.717, 1.165) is 48.8 Å². The normalized spacial score (nSPS) is 15.0. The first-order valence-electron chi connectivity index (χ1n) is 11.9. The van der Waals surface area contributed by atoms with Gasteiger partial charge in [0.15, 0.2) is 11.0 Å². The average Bonchev–Trinajstić information content (AvgIpc) is 2.94. The van der Waals surface area contributed by atoms with E-state index in [2.05, 4.69) is 9.67 Å². The van der Waals surface area contributed by atoms with Crippen LogP contribution in [-0.4, -0.2) is 47.5 Å². The minimum Gasteiger partial charge on any atom is -0.337 e. The van der Waals surface area contributed by atoms with E-state index < -0.39 is 0 Å². The standard InChI is InChI=1S/C25H33N5O2S/c1-16(2)29(17(3)4)23(31)18(5)33-25-26-22-21(20-14-10-7-11-15-28(20)25)24(32)30(27-22)19-12-8-6-9-13-19/h6,8-9,12-13,16-18H,7,10-11,14-15H2,1-5H3. The molecule has 3 heterocycles. The number of rotatable bonds is 6. The fourth-order valence-electron chi connectivity index (χ4n) is 4.71. The molecule has 1 atom stereocenters. The first-order valence-corrected chi connectivity index (χ1v) is 12.7. The molecular weight excluding hydrogens is 434 g/mol. The Morgan fingerprint density at radius 3 is 2.39 bits per heavy atom. The summed E-state index contributed by atoms with van der Waals surface area (Å²) in [6.45, 7) is 10.9. The Labute approximate surface area is 199 Å². The van der Waals surface area contributed by atoms with E-state index in [4.69, 9.17) is 4.98 Å². The van der Waals surface area contributed by atoms with Gasteiger partial charge < -0.3 is 9.47 Å². The summed E-state index contributed by atoms with van der Waals surface area (Å²) in [4.78, 5) is 33.4. The van der Waals surface area contributed by atoms with Crippen molar-refractivity contribution in [3.63, 3.8) is 0 Å². The second-order valence-electron chi connectivity index (χ2n) is 9.25. The van der Waals surface area contributed by atoms with Gasteiger partial charge in [0.1, 0.15) is 5.56 Å². The lowest BCUT2D eigenvalue weighted by Gasteiger charge is -2.33. The summed E-state index contributed by atoms with van der Waals surface area (Å²) in [5, 5.41) is 5.08. The smallest absolute Gasteiger partial charge is 0.284 e. The summed E-state index contributed by atoms with van der Waals surface area (Å²) in [7, 11) is 0. The van der Waals surface area contributed by atoms with Crippen molar-refractivity contribution in [2.75, 3.05) is 0 Å². The molecule has 0 saturated carbocycles. The zero-order valence-corrected chi connectivity index (χ0v) is 20.9. The van der Waals surface area contributed by atoms with Crippen LogP contribution in [0.15, 0.2) is 40.3 Å². The van der Waals surface area contributed by atoms with Gasteiger partial charge in [0.25, 0.3) is 5.56 Å². The molecule has 0 N–H and O–H groups in total. The third-order valence-electron chi connectivity index (χ3n) is 6.16. The number of nitrogens with zero attached hydrogens (tertiary/aromatic N) is 5. The predicted molar refractivity (Wildman–Crippen MR) is 132 cm³/mol. The topological polar surface area (TPSA) is 73.0 Å². The molecule has 3 aliphatic heterocycles. The number of hydrogen-bond acceptors (Lipinski definition) is 5. The van der Waals surface area contributed by atoms with Gasteiger partial charge in [-0.25, -0.2) is 4.98 Å². The lowest BCUT2D eigenvalue weighted by Crippen LogP contribution is -2.45. The van der Waals surface area contributed by atoms with Crippen molar-refractivity contribution in [3.8, 4) is 17.1 Å². The lowest BCUT2D eigenvalue weighted by atomic mass is 10.1. The average molecular weight is 468 g/mol. The maximum Gasteiger partial charge on any atom is 0.284 e. The number of thioether (sulfide) groups is 1. The molecule has 1 amide bonds. The van der Waals surface area contributed by atoms with Crippen LogP contribution in [0.4, 0.5) is 0 Å². The van der Waals surface area contributed by atoms with Gasteiger partial charge in [0, 0.05) is 24.3 Å². The van der Waals surface area contributed by atoms with Crippen LogP contribution in [0.3, 0.4) is 0 Å². The van der Waals surface area contributed by atoms with Gasteiger partial charge in [-0.3, -0.25) is 9.59 Å². The summed E-state index contributed by atoms with van der Waals surface area (Å²) >= 11 is 1.47. The number of fused-ring (bicyclic) bond motifs is 3. The maximum atomic E-state index is 13.4. The molecule has 0 bridgehead atoms. The molecule has 7 nitrogen and oxygen atoms in total. The number of amides is 1. The highest BCUT2D eigenvalue weighted by atomic mass is 32.2. The van der Waals surface area contributed by atoms with E-state index >= 15 is 0 Å². The minimum absolute atomic E-state index is 0.106. The second-order valence-corrected chi connectivity index (χ2v) is 10.6. The van der Waals surface area contributed by atoms with E-state index in [9.17, 15) is 9.59 Å². The van der Waals surface area contributed by atoms with Gasteiger partial charge in [-0.05, 0) is 66.0 Å². The number of benzene rings is 1. The lowest BCUT2D eigenvalue weighted by molar-refractivity contribution is -0.133. The third kappa shape index (κ3) is 4.58. The summed E-state index contributed by atoms with van der Waals surface area (Å²) in [6, 6.07) is 9.73. The molecule has 1 aromatic rings. The van der Waals surface area contributed by atoms with Gasteiger partial charge in [-0.1, -0.05) is 36.4 Å². The highest BCUT2D eigenvalue weighted by molar-refractivity contribution is 8.00. The fourth-order valence-corrected chi connectivity index (χ4v) is 5.72. The fraction of sp³-hybridized carbons (Fsp3) is 0.520. The van der Waals surface area contributed by atoms with Crippen LogP contribution in [0, 0.1) is 0 Å². The van der Waals surface area contributed by atoms with Crippen molar-refractivity contribution in [2.45, 2.75) is 89.3 Å². The van der Waals surface area contributed by atoms with Crippen molar-refractivity contribution in [3.05, 3.63) is 46.4 Å². The number of carbonyl (C=O) groups excluding carboxylic acids is 1. The number of para-hydroxylation sites is 1. The van der Waals surface area contributed by atoms with Gasteiger partial charge in [0.2, 0.25) is 5.91 Å². The molecule has 33 heavy (non-hydrogen) atoms. The van der Waals surface area contributed by atoms with Gasteiger partial charge in [-0.2, -0.15) is 4.68 Å². The quantitative estimate of drug-likeness (QED) is 0.397. The van der Waals surface area contributed by atoms with Gasteiger partial charge >= 0.3 is 0 Å². The SMILES string of the molecule is CC(Sc1nc2nn(-c3ccccc3)c(=O)c-2c2n1CCCCC2)C(=O)N(C(C)C)C(C)C. The van der Waals surface area contributed by atoms with Crippen LogP contribution in [-0.2, 0) is 17.8 Å². The monoisotopic (exact) mass is 467 g/mol. The Bertz CT molecular complexity index is 1140. The molecular formula is C25H33N5O2S. The highest BCUT2D eigenvalue weighted by Gasteiger charge is 2.30. The number of aromatic nitrogens is 4. The van der Waals surface area contributed by atoms with E-state index in [1.165, 1.54) is 16.4 Å². The summed E-state index contributed by atoms with van der Waals surface area (Å²) in [5.74, 6) is 0.568. The van der Waals surface area contributed by atoms with Crippen LogP contribution >= 0.6 is 11.8 Å². The molecule has 0 aliphatic carbocycles. The Kier molecular flexibility index (Phi) is 6.93. The van der Waals surface area contributed by atoms with Crippen molar-refractivity contribution >= 4 is 17.7 Å². The first kappa shape index (κ1) is 23.5. The highest BCUT2D eigenvalue weighted by Crippen LogP contribution is 2.32. The van der Waals surface area contributed by atoms with Crippen LogP contribution in [0.1, 0.15) is 59.6 Å². The second kappa shape index (κ2) is 9.71. The molecule has 8 heteroatoms. The molecule has 0 aromatic heterocycles. The van der Waals surface area contributed by atoms with E-state index in [-0.39, 0.29) is 28.8 Å². The minimum atomic E-state index is -0.289. The molecule has 4 rings (SSSR count). The first-order chi connectivity index (χ1) is 15.8. The van der Waals surface area contributed by atoms with Crippen molar-refractivity contribution in [1.29, 1.82) is 0 Å². The van der Waals surface area contributed by atoms with E-state index in [0.29, 0.717) is 11.4 Å². The summed E-state index contributed by atoms with van der Waals surface area (Å²) in [5.41, 5.74) is 2.21. The number of carbonyl (C=O) groups is 1. The van der Waals surface area contributed by atoms with Crippen molar-refractivity contribution in [2.24, 2.45) is 0 Å². The van der Waals surface area contributed by atoms with Crippen molar-refractivity contribution in [1.82, 2.24) is 24.2 Å². The molecule has 176 valence electrons. The molecule has 3 aliphatic rings. The van der Waals surface area contributed by atoms with E-state index in [1.807, 2.05) is 69.9 Å². The molecule has 0 saturated heterocycles. The third-order valence-corrected chi connectivity index (χ3v) is 7.24. The van der Waals surface area contributed by atoms with Gasteiger partial charge in [0.05, 0.1) is 10.9 Å². The molecule has 1 aromatic carbocycles. The van der Waals surface area contributed by atoms with Crippen molar-refractivity contribution < 1.29 is 4.79 Å². The molecule has 0 radical (unpaired) electrons. The largest absolute Gasteiger partial charge is 0.337 e. The number of hydrogen-bond donors (Lipinski definition) is 0. The van der Waals surface area contributed by atoms with Gasteiger partial charge in [-0.15, -0.1) is 5.10 Å². The Hall–Kier alpha value is -2.61. The Morgan fingerprint density at radius 1 is 1.03 bits per heavy atom. The Balaban J connectivity index is 1.79. The van der Waals surface area contributed by atoms with Crippen LogP contribution in [0.5, 0.6) is 0 Å². The molecule has 0 spiro atoms. The molecule has 0 fully saturated rings. The Morgan fingerprint density at radius 2 is 1.73 bits per heavy atom. The predicted octanol–water partition coefficient (Wildman–Crippen LogP) is 4.39.